The van der Waals surface area contributed by atoms with Crippen molar-refractivity contribution in [1.82, 2.24) is 0 Å². The van der Waals surface area contributed by atoms with E-state index >= 15 is 0 Å². The van der Waals surface area contributed by atoms with E-state index in [9.17, 15) is 0 Å². The summed E-state index contributed by atoms with van der Waals surface area (Å²) in [5.74, 6) is 0.671. The third-order valence-electron chi connectivity index (χ3n) is 2.83. The van der Waals surface area contributed by atoms with Gasteiger partial charge in [-0.3, -0.25) is 9.98 Å². The van der Waals surface area contributed by atoms with Gasteiger partial charge in [-0.25, -0.2) is 0 Å². The van der Waals surface area contributed by atoms with Gasteiger partial charge in [0.05, 0.1) is 0 Å². The smallest absolute Gasteiger partial charge is 0.150 e. The van der Waals surface area contributed by atoms with Gasteiger partial charge in [-0.2, -0.15) is 0 Å². The molecule has 0 aromatic carbocycles. The highest BCUT2D eigenvalue weighted by Gasteiger charge is 2.36. The van der Waals surface area contributed by atoms with Gasteiger partial charge in [0, 0.05) is 18.3 Å². The molecule has 0 radical (unpaired) electrons. The first kappa shape index (κ1) is 7.71. The van der Waals surface area contributed by atoms with E-state index in [2.05, 4.69) is 16.9 Å². The quantitative estimate of drug-likeness (QED) is 0.564. The second-order valence-corrected chi connectivity index (χ2v) is 3.66. The predicted octanol–water partition coefficient (Wildman–Crippen LogP) is 2.21. The van der Waals surface area contributed by atoms with Crippen LogP contribution in [-0.2, 0) is 0 Å². The minimum atomic E-state index is -0.165. The Labute approximate surface area is 73.1 Å². The first-order chi connectivity index (χ1) is 5.81. The van der Waals surface area contributed by atoms with Crippen LogP contribution in [0.5, 0.6) is 0 Å². The molecule has 0 N–H and O–H groups in total. The zero-order valence-electron chi connectivity index (χ0n) is 7.40. The molecule has 2 heteroatoms. The van der Waals surface area contributed by atoms with Crippen LogP contribution < -0.4 is 0 Å². The van der Waals surface area contributed by atoms with Crippen molar-refractivity contribution in [1.29, 1.82) is 0 Å². The van der Waals surface area contributed by atoms with Crippen molar-refractivity contribution in [3.8, 4) is 0 Å². The van der Waals surface area contributed by atoms with Gasteiger partial charge in [-0.15, -0.1) is 0 Å². The molecule has 1 heterocycles. The molecule has 64 valence electrons. The number of hydrogen-bond acceptors (Lipinski definition) is 2. The molecule has 0 unspecified atom stereocenters. The molecule has 1 fully saturated rings. The van der Waals surface area contributed by atoms with Crippen LogP contribution in [-0.4, -0.2) is 18.1 Å². The summed E-state index contributed by atoms with van der Waals surface area (Å²) < 4.78 is 0. The molecule has 2 aliphatic rings. The van der Waals surface area contributed by atoms with Gasteiger partial charge in [-0.1, -0.05) is 6.42 Å². The highest BCUT2D eigenvalue weighted by Crippen LogP contribution is 2.39. The molecule has 0 aromatic rings. The molecule has 0 amide bonds. The van der Waals surface area contributed by atoms with Gasteiger partial charge < -0.3 is 0 Å². The summed E-state index contributed by atoms with van der Waals surface area (Å²) in [5, 5.41) is 0. The zero-order chi connectivity index (χ0) is 8.44. The molecule has 0 aromatic heterocycles. The topological polar surface area (TPSA) is 24.7 Å². The third-order valence-corrected chi connectivity index (χ3v) is 2.83. The molecule has 0 bridgehead atoms. The average Bonchev–Trinajstić information content (AvgIpc) is 2.10. The molecule has 0 saturated heterocycles. The van der Waals surface area contributed by atoms with Gasteiger partial charge in [0.25, 0.3) is 0 Å². The Morgan fingerprint density at radius 2 is 1.75 bits per heavy atom. The Bertz CT molecular complexity index is 231. The number of rotatable bonds is 1. The van der Waals surface area contributed by atoms with Crippen LogP contribution >= 0.6 is 0 Å². The number of hydrogen-bond donors (Lipinski definition) is 0. The average molecular weight is 162 g/mol. The standard InChI is InChI=1S/C10H14N2/c1-10(9-5-4-6-9)11-7-2-3-8-12-10/h2-3,7-9H,4-6H2,1H3. The fourth-order valence-corrected chi connectivity index (χ4v) is 1.69. The highest BCUT2D eigenvalue weighted by atomic mass is 15.1. The molecule has 0 atom stereocenters. The van der Waals surface area contributed by atoms with Gasteiger partial charge in [0.15, 0.2) is 0 Å². The van der Waals surface area contributed by atoms with Crippen LogP contribution in [0.15, 0.2) is 22.1 Å². The summed E-state index contributed by atoms with van der Waals surface area (Å²) in [6.07, 6.45) is 11.5. The second-order valence-electron chi connectivity index (χ2n) is 3.66. The van der Waals surface area contributed by atoms with Crippen molar-refractivity contribution in [2.45, 2.75) is 31.8 Å². The SMILES string of the molecule is CC1(C2CCC2)N=CC=CC=N1. The Kier molecular flexibility index (Phi) is 1.83. The zero-order valence-corrected chi connectivity index (χ0v) is 7.40. The van der Waals surface area contributed by atoms with Crippen molar-refractivity contribution >= 4 is 12.4 Å². The van der Waals surface area contributed by atoms with Crippen LogP contribution in [0.1, 0.15) is 26.2 Å². The largest absolute Gasteiger partial charge is 0.263 e. The maximum atomic E-state index is 4.47. The first-order valence-electron chi connectivity index (χ1n) is 4.57. The van der Waals surface area contributed by atoms with Crippen LogP contribution in [0.2, 0.25) is 0 Å². The maximum Gasteiger partial charge on any atom is 0.150 e. The van der Waals surface area contributed by atoms with Gasteiger partial charge in [-0.05, 0) is 31.9 Å². The molecule has 12 heavy (non-hydrogen) atoms. The fraction of sp³-hybridized carbons (Fsp3) is 0.600. The molecule has 2 rings (SSSR count). The lowest BCUT2D eigenvalue weighted by Crippen LogP contribution is -2.35. The van der Waals surface area contributed by atoms with E-state index in [1.807, 2.05) is 24.6 Å². The third kappa shape index (κ3) is 1.22. The van der Waals surface area contributed by atoms with E-state index in [1.165, 1.54) is 19.3 Å². The normalized spacial score (nSPS) is 26.8. The first-order valence-corrected chi connectivity index (χ1v) is 4.57. The van der Waals surface area contributed by atoms with E-state index < -0.39 is 0 Å². The van der Waals surface area contributed by atoms with Gasteiger partial charge >= 0.3 is 0 Å². The maximum absolute atomic E-state index is 4.47. The molecule has 1 saturated carbocycles. The van der Waals surface area contributed by atoms with E-state index in [-0.39, 0.29) is 5.66 Å². The minimum absolute atomic E-state index is 0.165. The van der Waals surface area contributed by atoms with Crippen LogP contribution in [0.3, 0.4) is 0 Å². The second kappa shape index (κ2) is 2.85. The summed E-state index contributed by atoms with van der Waals surface area (Å²) in [4.78, 5) is 8.93. The monoisotopic (exact) mass is 162 g/mol. The number of nitrogens with zero attached hydrogens (tertiary/aromatic N) is 2. The van der Waals surface area contributed by atoms with Crippen molar-refractivity contribution in [2.24, 2.45) is 15.9 Å². The Morgan fingerprint density at radius 3 is 2.17 bits per heavy atom. The molecule has 0 spiro atoms. The summed E-state index contributed by atoms with van der Waals surface area (Å²) in [5.41, 5.74) is -0.165. The van der Waals surface area contributed by atoms with Crippen molar-refractivity contribution in [2.75, 3.05) is 0 Å². The Balaban J connectivity index is 2.18. The van der Waals surface area contributed by atoms with Crippen LogP contribution in [0.25, 0.3) is 0 Å². The van der Waals surface area contributed by atoms with E-state index in [1.54, 1.807) is 0 Å². The van der Waals surface area contributed by atoms with Crippen LogP contribution in [0, 0.1) is 5.92 Å². The van der Waals surface area contributed by atoms with E-state index in [0.29, 0.717) is 5.92 Å². The molecular weight excluding hydrogens is 148 g/mol. The highest BCUT2D eigenvalue weighted by molar-refractivity contribution is 5.83. The summed E-state index contributed by atoms with van der Waals surface area (Å²) in [7, 11) is 0. The van der Waals surface area contributed by atoms with Crippen LogP contribution in [0.4, 0.5) is 0 Å². The van der Waals surface area contributed by atoms with E-state index in [0.717, 1.165) is 0 Å². The molecule has 1 aliphatic heterocycles. The van der Waals surface area contributed by atoms with Crippen molar-refractivity contribution in [3.63, 3.8) is 0 Å². The van der Waals surface area contributed by atoms with Gasteiger partial charge in [0.1, 0.15) is 5.66 Å². The van der Waals surface area contributed by atoms with Gasteiger partial charge in [0.2, 0.25) is 0 Å². The summed E-state index contributed by atoms with van der Waals surface area (Å²) in [6, 6.07) is 0. The lowest BCUT2D eigenvalue weighted by Gasteiger charge is -2.36. The van der Waals surface area contributed by atoms with E-state index in [4.69, 9.17) is 0 Å². The number of aliphatic imine (C=N–C) groups is 2. The summed E-state index contributed by atoms with van der Waals surface area (Å²) >= 11 is 0. The molecule has 1 aliphatic carbocycles. The predicted molar refractivity (Wildman–Crippen MR) is 51.9 cm³/mol. The minimum Gasteiger partial charge on any atom is -0.263 e. The fourth-order valence-electron chi connectivity index (χ4n) is 1.69. The Hall–Kier alpha value is -0.920. The van der Waals surface area contributed by atoms with Crippen molar-refractivity contribution in [3.05, 3.63) is 12.2 Å². The molecular formula is C10H14N2. The number of allylic oxidation sites excluding steroid dienone is 2. The lowest BCUT2D eigenvalue weighted by atomic mass is 9.77. The Morgan fingerprint density at radius 1 is 1.17 bits per heavy atom. The summed E-state index contributed by atoms with van der Waals surface area (Å²) in [6.45, 7) is 2.12. The van der Waals surface area contributed by atoms with Crippen molar-refractivity contribution < 1.29 is 0 Å². The lowest BCUT2D eigenvalue weighted by molar-refractivity contribution is 0.193. The molecule has 2 nitrogen and oxygen atoms in total.